The van der Waals surface area contributed by atoms with Crippen LogP contribution in [0.4, 0.5) is 0 Å². The lowest BCUT2D eigenvalue weighted by atomic mass is 10.0. The number of hydrogen-bond acceptors (Lipinski definition) is 4. The van der Waals surface area contributed by atoms with E-state index in [1.807, 2.05) is 26.0 Å². The number of nitrogens with one attached hydrogen (secondary N) is 1. The van der Waals surface area contributed by atoms with Crippen molar-refractivity contribution in [2.24, 2.45) is 5.92 Å². The predicted octanol–water partition coefficient (Wildman–Crippen LogP) is 1.57. The molecule has 0 aliphatic heterocycles. The van der Waals surface area contributed by atoms with Gasteiger partial charge in [-0.15, -0.1) is 0 Å². The van der Waals surface area contributed by atoms with Crippen LogP contribution in [0.2, 0.25) is 0 Å². The molecule has 1 aromatic rings. The van der Waals surface area contributed by atoms with Gasteiger partial charge in [-0.1, -0.05) is 13.8 Å². The molecule has 0 aliphatic rings. The highest BCUT2D eigenvalue weighted by atomic mass is 16.5. The molecule has 1 heterocycles. The van der Waals surface area contributed by atoms with E-state index >= 15 is 0 Å². The maximum absolute atomic E-state index is 11.4. The van der Waals surface area contributed by atoms with Gasteiger partial charge in [-0.2, -0.15) is 0 Å². The Bertz CT molecular complexity index is 293. The number of rotatable bonds is 5. The van der Waals surface area contributed by atoms with Gasteiger partial charge in [-0.25, -0.2) is 0 Å². The maximum atomic E-state index is 11.4. The second kappa shape index (κ2) is 5.56. The Morgan fingerprint density at radius 3 is 2.80 bits per heavy atom. The Hall–Kier alpha value is -1.29. The first-order valence-corrected chi connectivity index (χ1v) is 4.98. The summed E-state index contributed by atoms with van der Waals surface area (Å²) in [6.07, 6.45) is 1.61. The maximum Gasteiger partial charge on any atom is 0.323 e. The summed E-state index contributed by atoms with van der Waals surface area (Å²) in [6.45, 7) is 4.47. The Morgan fingerprint density at radius 1 is 1.60 bits per heavy atom. The molecule has 4 heteroatoms. The molecule has 1 aromatic heterocycles. The Morgan fingerprint density at radius 2 is 2.33 bits per heavy atom. The summed E-state index contributed by atoms with van der Waals surface area (Å²) < 4.78 is 9.87. The molecule has 0 fully saturated rings. The monoisotopic (exact) mass is 211 g/mol. The Labute approximate surface area is 89.6 Å². The summed E-state index contributed by atoms with van der Waals surface area (Å²) in [4.78, 5) is 11.4. The number of furan rings is 1. The third-order valence-electron chi connectivity index (χ3n) is 2.20. The quantitative estimate of drug-likeness (QED) is 0.751. The predicted molar refractivity (Wildman–Crippen MR) is 56.2 cm³/mol. The topological polar surface area (TPSA) is 51.5 Å². The first-order chi connectivity index (χ1) is 7.15. The van der Waals surface area contributed by atoms with Gasteiger partial charge in [-0.05, 0) is 18.1 Å². The van der Waals surface area contributed by atoms with Crippen LogP contribution in [0.5, 0.6) is 0 Å². The van der Waals surface area contributed by atoms with Crippen molar-refractivity contribution in [2.75, 3.05) is 7.11 Å². The zero-order valence-corrected chi connectivity index (χ0v) is 9.32. The number of ether oxygens (including phenoxy) is 1. The molecule has 1 rings (SSSR count). The Balaban J connectivity index is 2.49. The minimum Gasteiger partial charge on any atom is -0.468 e. The molecule has 0 amide bonds. The molecule has 1 N–H and O–H groups in total. The zero-order valence-electron chi connectivity index (χ0n) is 9.32. The summed E-state index contributed by atoms with van der Waals surface area (Å²) in [5, 5.41) is 3.10. The fraction of sp³-hybridized carbons (Fsp3) is 0.545. The van der Waals surface area contributed by atoms with Crippen molar-refractivity contribution in [3.05, 3.63) is 24.2 Å². The highest BCUT2D eigenvalue weighted by Crippen LogP contribution is 2.06. The lowest BCUT2D eigenvalue weighted by Crippen LogP contribution is -2.41. The van der Waals surface area contributed by atoms with Crippen LogP contribution in [0.25, 0.3) is 0 Å². The molecule has 0 bridgehead atoms. The van der Waals surface area contributed by atoms with Crippen molar-refractivity contribution in [1.29, 1.82) is 0 Å². The molecule has 1 atom stereocenters. The van der Waals surface area contributed by atoms with Crippen molar-refractivity contribution in [3.63, 3.8) is 0 Å². The minimum atomic E-state index is -0.292. The SMILES string of the molecule is COC(=O)[C@H](NCc1ccco1)C(C)C. The normalized spacial score (nSPS) is 12.8. The van der Waals surface area contributed by atoms with Crippen LogP contribution >= 0.6 is 0 Å². The molecule has 0 aliphatic carbocycles. The molecule has 0 saturated carbocycles. The van der Waals surface area contributed by atoms with E-state index in [-0.39, 0.29) is 17.9 Å². The van der Waals surface area contributed by atoms with Crippen LogP contribution in [-0.4, -0.2) is 19.1 Å². The molecule has 0 saturated heterocycles. The first-order valence-electron chi connectivity index (χ1n) is 4.98. The van der Waals surface area contributed by atoms with Crippen LogP contribution in [0.3, 0.4) is 0 Å². The smallest absolute Gasteiger partial charge is 0.323 e. The van der Waals surface area contributed by atoms with Crippen LogP contribution in [0.1, 0.15) is 19.6 Å². The molecular formula is C11H17NO3. The molecule has 84 valence electrons. The summed E-state index contributed by atoms with van der Waals surface area (Å²) in [6, 6.07) is 3.39. The van der Waals surface area contributed by atoms with E-state index in [9.17, 15) is 4.79 Å². The van der Waals surface area contributed by atoms with Gasteiger partial charge in [0.05, 0.1) is 19.9 Å². The van der Waals surface area contributed by atoms with Crippen molar-refractivity contribution in [3.8, 4) is 0 Å². The fourth-order valence-electron chi connectivity index (χ4n) is 1.34. The van der Waals surface area contributed by atoms with E-state index in [0.29, 0.717) is 6.54 Å². The van der Waals surface area contributed by atoms with Crippen molar-refractivity contribution in [2.45, 2.75) is 26.4 Å². The largest absolute Gasteiger partial charge is 0.468 e. The summed E-state index contributed by atoms with van der Waals surface area (Å²) in [7, 11) is 1.40. The van der Waals surface area contributed by atoms with Crippen molar-refractivity contribution >= 4 is 5.97 Å². The summed E-state index contributed by atoms with van der Waals surface area (Å²) >= 11 is 0. The number of carbonyl (C=O) groups excluding carboxylic acids is 1. The van der Waals surface area contributed by atoms with Gasteiger partial charge in [0.25, 0.3) is 0 Å². The number of methoxy groups -OCH3 is 1. The van der Waals surface area contributed by atoms with Crippen LogP contribution < -0.4 is 5.32 Å². The molecule has 0 radical (unpaired) electrons. The van der Waals surface area contributed by atoms with Gasteiger partial charge in [0.1, 0.15) is 11.8 Å². The van der Waals surface area contributed by atoms with Gasteiger partial charge in [-0.3, -0.25) is 10.1 Å². The Kier molecular flexibility index (Phi) is 4.37. The van der Waals surface area contributed by atoms with Crippen molar-refractivity contribution in [1.82, 2.24) is 5.32 Å². The standard InChI is InChI=1S/C11H17NO3/c1-8(2)10(11(13)14-3)12-7-9-5-4-6-15-9/h4-6,8,10,12H,7H2,1-3H3/t10-/m1/s1. The minimum absolute atomic E-state index is 0.187. The van der Waals surface area contributed by atoms with Crippen molar-refractivity contribution < 1.29 is 13.9 Å². The number of carbonyl (C=O) groups is 1. The second-order valence-corrected chi connectivity index (χ2v) is 3.71. The lowest BCUT2D eigenvalue weighted by molar-refractivity contribution is -0.144. The van der Waals surface area contributed by atoms with Crippen LogP contribution in [0.15, 0.2) is 22.8 Å². The summed E-state index contributed by atoms with van der Waals surface area (Å²) in [5.74, 6) is 0.758. The fourth-order valence-corrected chi connectivity index (χ4v) is 1.34. The molecule has 0 spiro atoms. The van der Waals surface area contributed by atoms with Crippen LogP contribution in [-0.2, 0) is 16.1 Å². The highest BCUT2D eigenvalue weighted by molar-refractivity contribution is 5.75. The van der Waals surface area contributed by atoms with Gasteiger partial charge in [0, 0.05) is 0 Å². The van der Waals surface area contributed by atoms with E-state index < -0.39 is 0 Å². The van der Waals surface area contributed by atoms with Crippen LogP contribution in [0, 0.1) is 5.92 Å². The van der Waals surface area contributed by atoms with E-state index in [1.54, 1.807) is 6.26 Å². The zero-order chi connectivity index (χ0) is 11.3. The molecular weight excluding hydrogens is 194 g/mol. The third kappa shape index (κ3) is 3.40. The number of esters is 1. The molecule has 0 unspecified atom stereocenters. The van der Waals surface area contributed by atoms with Gasteiger partial charge < -0.3 is 9.15 Å². The lowest BCUT2D eigenvalue weighted by Gasteiger charge is -2.18. The molecule has 4 nitrogen and oxygen atoms in total. The highest BCUT2D eigenvalue weighted by Gasteiger charge is 2.22. The average Bonchev–Trinajstić information content (AvgIpc) is 2.70. The van der Waals surface area contributed by atoms with Gasteiger partial charge in [0.15, 0.2) is 0 Å². The van der Waals surface area contributed by atoms with E-state index in [4.69, 9.17) is 9.15 Å². The second-order valence-electron chi connectivity index (χ2n) is 3.71. The van der Waals surface area contributed by atoms with E-state index in [2.05, 4.69) is 5.32 Å². The average molecular weight is 211 g/mol. The van der Waals surface area contributed by atoms with Gasteiger partial charge >= 0.3 is 5.97 Å². The molecule has 15 heavy (non-hydrogen) atoms. The number of hydrogen-bond donors (Lipinski definition) is 1. The third-order valence-corrected chi connectivity index (χ3v) is 2.20. The summed E-state index contributed by atoms with van der Waals surface area (Å²) in [5.41, 5.74) is 0. The van der Waals surface area contributed by atoms with E-state index in [0.717, 1.165) is 5.76 Å². The van der Waals surface area contributed by atoms with E-state index in [1.165, 1.54) is 7.11 Å². The van der Waals surface area contributed by atoms with Gasteiger partial charge in [0.2, 0.25) is 0 Å². The first kappa shape index (κ1) is 11.8. The molecule has 0 aromatic carbocycles.